The summed E-state index contributed by atoms with van der Waals surface area (Å²) in [5.74, 6) is 0. The minimum absolute atomic E-state index is 0.186. The van der Waals surface area contributed by atoms with Crippen molar-refractivity contribution in [1.82, 2.24) is 10.2 Å². The smallest absolute Gasteiger partial charge is 0.0462 e. The summed E-state index contributed by atoms with van der Waals surface area (Å²) in [7, 11) is 0. The number of piperazine rings is 1. The normalized spacial score (nSPS) is 30.6. The third-order valence-corrected chi connectivity index (χ3v) is 5.96. The molecule has 1 saturated heterocycles. The molecule has 1 fully saturated rings. The summed E-state index contributed by atoms with van der Waals surface area (Å²) in [5, 5.41) is 4.59. The molecule has 0 bridgehead atoms. The molecule has 0 saturated carbocycles. The fourth-order valence-electron chi connectivity index (χ4n) is 2.87. The zero-order chi connectivity index (χ0) is 15.7. The Labute approximate surface area is 142 Å². The maximum absolute atomic E-state index is 6.42. The van der Waals surface area contributed by atoms with E-state index in [1.165, 1.54) is 5.56 Å². The molecule has 0 radical (unpaired) electrons. The molecule has 1 aromatic rings. The highest BCUT2D eigenvalue weighted by atomic mass is 79.9. The maximum atomic E-state index is 6.42. The summed E-state index contributed by atoms with van der Waals surface area (Å²) in [6.45, 7) is 12.2. The van der Waals surface area contributed by atoms with Crippen LogP contribution in [0.25, 0.3) is 0 Å². The van der Waals surface area contributed by atoms with Gasteiger partial charge in [0.05, 0.1) is 0 Å². The largest absolute Gasteiger partial charge is 0.308 e. The first-order chi connectivity index (χ1) is 9.82. The lowest BCUT2D eigenvalue weighted by Crippen LogP contribution is -2.67. The minimum Gasteiger partial charge on any atom is -0.308 e. The second-order valence-corrected chi connectivity index (χ2v) is 8.03. The molecular formula is C17H26BrClN2. The van der Waals surface area contributed by atoms with Gasteiger partial charge in [-0.1, -0.05) is 47.4 Å². The van der Waals surface area contributed by atoms with Gasteiger partial charge in [-0.2, -0.15) is 0 Å². The van der Waals surface area contributed by atoms with Crippen molar-refractivity contribution in [3.63, 3.8) is 0 Å². The Bertz CT molecular complexity index is 508. The summed E-state index contributed by atoms with van der Waals surface area (Å²) in [4.78, 5) is 2.60. The van der Waals surface area contributed by atoms with Crippen molar-refractivity contribution < 1.29 is 0 Å². The van der Waals surface area contributed by atoms with Crippen LogP contribution in [0.2, 0.25) is 5.02 Å². The van der Waals surface area contributed by atoms with Crippen molar-refractivity contribution in [2.45, 2.75) is 58.2 Å². The molecule has 2 rings (SSSR count). The van der Waals surface area contributed by atoms with Gasteiger partial charge in [0.1, 0.15) is 0 Å². The Kier molecular flexibility index (Phi) is 5.40. The average Bonchev–Trinajstić information content (AvgIpc) is 2.46. The van der Waals surface area contributed by atoms with Crippen LogP contribution >= 0.6 is 27.5 Å². The predicted molar refractivity (Wildman–Crippen MR) is 95.0 cm³/mol. The van der Waals surface area contributed by atoms with Crippen LogP contribution in [0.1, 0.15) is 46.1 Å². The highest BCUT2D eigenvalue weighted by Gasteiger charge is 2.40. The third kappa shape index (κ3) is 3.82. The van der Waals surface area contributed by atoms with Crippen LogP contribution in [0, 0.1) is 0 Å². The van der Waals surface area contributed by atoms with E-state index in [9.17, 15) is 0 Å². The summed E-state index contributed by atoms with van der Waals surface area (Å²) < 4.78 is 1.04. The second-order valence-electron chi connectivity index (χ2n) is 6.71. The van der Waals surface area contributed by atoms with Crippen molar-refractivity contribution >= 4 is 27.5 Å². The first-order valence-electron chi connectivity index (χ1n) is 7.76. The molecule has 118 valence electrons. The van der Waals surface area contributed by atoms with Crippen LogP contribution in [-0.4, -0.2) is 29.1 Å². The van der Waals surface area contributed by atoms with Crippen LogP contribution in [0.3, 0.4) is 0 Å². The Morgan fingerprint density at radius 3 is 2.57 bits per heavy atom. The number of hydrogen-bond acceptors (Lipinski definition) is 2. The lowest BCUT2D eigenvalue weighted by Gasteiger charge is -2.52. The van der Waals surface area contributed by atoms with Gasteiger partial charge in [0.25, 0.3) is 0 Å². The van der Waals surface area contributed by atoms with Gasteiger partial charge in [-0.05, 0) is 44.4 Å². The molecule has 0 amide bonds. The zero-order valence-electron chi connectivity index (χ0n) is 13.5. The number of hydrogen-bond donors (Lipinski definition) is 1. The summed E-state index contributed by atoms with van der Waals surface area (Å²) in [5.41, 5.74) is 1.58. The third-order valence-electron chi connectivity index (χ3n) is 5.12. The fraction of sp³-hybridized carbons (Fsp3) is 0.647. The van der Waals surface area contributed by atoms with Crippen molar-refractivity contribution in [3.05, 3.63) is 33.3 Å². The zero-order valence-corrected chi connectivity index (χ0v) is 15.8. The Morgan fingerprint density at radius 2 is 2.00 bits per heavy atom. The van der Waals surface area contributed by atoms with Crippen molar-refractivity contribution in [1.29, 1.82) is 0 Å². The van der Waals surface area contributed by atoms with Crippen LogP contribution in [0.4, 0.5) is 0 Å². The standard InChI is InChI=1S/C17H26BrClN2/c1-5-16(3)12-21(17(4,6-2)11-20-16)10-13-7-8-14(18)9-15(13)19/h7-9,20H,5-6,10-12H2,1-4H3. The fourth-order valence-corrected chi connectivity index (χ4v) is 3.60. The van der Waals surface area contributed by atoms with E-state index in [1.54, 1.807) is 0 Å². The molecule has 1 aliphatic heterocycles. The molecule has 2 nitrogen and oxygen atoms in total. The number of nitrogens with zero attached hydrogens (tertiary/aromatic N) is 1. The van der Waals surface area contributed by atoms with E-state index < -0.39 is 0 Å². The Balaban J connectivity index is 2.24. The van der Waals surface area contributed by atoms with Gasteiger partial charge >= 0.3 is 0 Å². The summed E-state index contributed by atoms with van der Waals surface area (Å²) >= 11 is 9.90. The van der Waals surface area contributed by atoms with Crippen LogP contribution in [0.15, 0.2) is 22.7 Å². The molecule has 0 spiro atoms. The number of benzene rings is 1. The Morgan fingerprint density at radius 1 is 1.29 bits per heavy atom. The molecule has 0 aromatic heterocycles. The number of halogens is 2. The lowest BCUT2D eigenvalue weighted by atomic mass is 9.85. The average molecular weight is 374 g/mol. The molecule has 4 heteroatoms. The number of nitrogens with one attached hydrogen (secondary N) is 1. The molecule has 1 aromatic carbocycles. The molecule has 2 unspecified atom stereocenters. The molecule has 1 heterocycles. The number of rotatable bonds is 4. The Hall–Kier alpha value is -0.0900. The van der Waals surface area contributed by atoms with E-state index in [0.717, 1.165) is 42.0 Å². The topological polar surface area (TPSA) is 15.3 Å². The van der Waals surface area contributed by atoms with E-state index >= 15 is 0 Å². The van der Waals surface area contributed by atoms with Gasteiger partial charge in [-0.25, -0.2) is 0 Å². The van der Waals surface area contributed by atoms with Gasteiger partial charge in [-0.3, -0.25) is 4.90 Å². The van der Waals surface area contributed by atoms with Crippen LogP contribution < -0.4 is 5.32 Å². The van der Waals surface area contributed by atoms with E-state index in [4.69, 9.17) is 11.6 Å². The van der Waals surface area contributed by atoms with Gasteiger partial charge in [0.15, 0.2) is 0 Å². The van der Waals surface area contributed by atoms with Crippen LogP contribution in [0.5, 0.6) is 0 Å². The minimum atomic E-state index is 0.186. The van der Waals surface area contributed by atoms with E-state index in [0.29, 0.717) is 0 Å². The summed E-state index contributed by atoms with van der Waals surface area (Å²) in [6, 6.07) is 6.20. The van der Waals surface area contributed by atoms with E-state index in [-0.39, 0.29) is 11.1 Å². The van der Waals surface area contributed by atoms with E-state index in [2.05, 4.69) is 66.0 Å². The first kappa shape index (κ1) is 17.3. The highest BCUT2D eigenvalue weighted by molar-refractivity contribution is 9.10. The SMILES string of the molecule is CCC1(C)CN(Cc2ccc(Br)cc2Cl)C(C)(CC)CN1. The molecule has 1 aliphatic rings. The lowest BCUT2D eigenvalue weighted by molar-refractivity contribution is 0.0105. The van der Waals surface area contributed by atoms with Gasteiger partial charge in [-0.15, -0.1) is 0 Å². The van der Waals surface area contributed by atoms with Crippen LogP contribution in [-0.2, 0) is 6.54 Å². The predicted octanol–water partition coefficient (Wildman–Crippen LogP) is 4.85. The van der Waals surface area contributed by atoms with Gasteiger partial charge < -0.3 is 5.32 Å². The maximum Gasteiger partial charge on any atom is 0.0462 e. The first-order valence-corrected chi connectivity index (χ1v) is 8.93. The highest BCUT2D eigenvalue weighted by Crippen LogP contribution is 2.32. The second kappa shape index (κ2) is 6.57. The monoisotopic (exact) mass is 372 g/mol. The van der Waals surface area contributed by atoms with Gasteiger partial charge in [0, 0.05) is 40.2 Å². The van der Waals surface area contributed by atoms with Gasteiger partial charge in [0.2, 0.25) is 0 Å². The molecule has 2 atom stereocenters. The molecule has 0 aliphatic carbocycles. The molecular weight excluding hydrogens is 348 g/mol. The molecule has 21 heavy (non-hydrogen) atoms. The van der Waals surface area contributed by atoms with E-state index in [1.807, 2.05) is 6.07 Å². The van der Waals surface area contributed by atoms with Crippen molar-refractivity contribution in [3.8, 4) is 0 Å². The molecule has 1 N–H and O–H groups in total. The quantitative estimate of drug-likeness (QED) is 0.812. The summed E-state index contributed by atoms with van der Waals surface area (Å²) in [6.07, 6.45) is 2.27. The van der Waals surface area contributed by atoms with Crippen molar-refractivity contribution in [2.75, 3.05) is 13.1 Å². The van der Waals surface area contributed by atoms with Crippen molar-refractivity contribution in [2.24, 2.45) is 0 Å².